The van der Waals surface area contributed by atoms with Crippen molar-refractivity contribution in [2.24, 2.45) is 0 Å². The number of methoxy groups -OCH3 is 1. The molecule has 0 aliphatic heterocycles. The Kier molecular flexibility index (Phi) is 5.26. The first-order valence-electron chi connectivity index (χ1n) is 6.36. The van der Waals surface area contributed by atoms with E-state index in [-0.39, 0.29) is 16.7 Å². The minimum Gasteiger partial charge on any atom is -0.478 e. The van der Waals surface area contributed by atoms with Crippen molar-refractivity contribution in [2.45, 2.75) is 38.7 Å². The fourth-order valence-corrected chi connectivity index (χ4v) is 1.84. The summed E-state index contributed by atoms with van der Waals surface area (Å²) < 4.78 is 5.33. The van der Waals surface area contributed by atoms with Crippen LogP contribution in [0, 0.1) is 0 Å². The summed E-state index contributed by atoms with van der Waals surface area (Å²) in [6.07, 6.45) is 2.79. The van der Waals surface area contributed by atoms with E-state index >= 15 is 0 Å². The molecule has 1 rings (SSSR count). The molecule has 1 saturated carbocycles. The fraction of sp³-hybridized carbons (Fsp3) is 0.615. The average molecular weight is 284 g/mol. The van der Waals surface area contributed by atoms with Gasteiger partial charge in [0.1, 0.15) is 0 Å². The van der Waals surface area contributed by atoms with Gasteiger partial charge in [0.25, 0.3) is 5.91 Å². The lowest BCUT2D eigenvalue weighted by Crippen LogP contribution is -2.52. The normalized spacial score (nSPS) is 17.6. The van der Waals surface area contributed by atoms with Crippen molar-refractivity contribution in [1.29, 1.82) is 0 Å². The first kappa shape index (κ1) is 16.2. The molecule has 0 atom stereocenters. The predicted octanol–water partition coefficient (Wildman–Crippen LogP) is 0.802. The van der Waals surface area contributed by atoms with Crippen LogP contribution in [0.3, 0.4) is 0 Å². The standard InChI is InChI=1S/C13H20N2O5/c1-8(9(2)11(17)18)10(16)15-12(19)14-7-13(20-3)5-4-6-13/h4-7H2,1-3H3,(H,17,18)(H2,14,15,16,19). The summed E-state index contributed by atoms with van der Waals surface area (Å²) in [5, 5.41) is 13.4. The third kappa shape index (κ3) is 3.80. The average Bonchev–Trinajstić information content (AvgIpc) is 2.35. The highest BCUT2D eigenvalue weighted by atomic mass is 16.5. The van der Waals surface area contributed by atoms with Crippen LogP contribution in [0.25, 0.3) is 0 Å². The zero-order valence-corrected chi connectivity index (χ0v) is 11.9. The molecule has 0 radical (unpaired) electrons. The van der Waals surface area contributed by atoms with Gasteiger partial charge >= 0.3 is 12.0 Å². The minimum absolute atomic E-state index is 0.00208. The second-order valence-electron chi connectivity index (χ2n) is 4.93. The SMILES string of the molecule is COC1(CNC(=O)NC(=O)C(C)=C(C)C(=O)O)CCC1. The molecule has 0 saturated heterocycles. The van der Waals surface area contributed by atoms with Crippen LogP contribution >= 0.6 is 0 Å². The first-order valence-corrected chi connectivity index (χ1v) is 6.36. The van der Waals surface area contributed by atoms with Crippen molar-refractivity contribution in [2.75, 3.05) is 13.7 Å². The maximum Gasteiger partial charge on any atom is 0.331 e. The molecule has 0 unspecified atom stereocenters. The molecule has 7 heteroatoms. The summed E-state index contributed by atoms with van der Waals surface area (Å²) in [5.41, 5.74) is -0.428. The monoisotopic (exact) mass is 284 g/mol. The molecule has 1 aliphatic carbocycles. The molecular weight excluding hydrogens is 264 g/mol. The van der Waals surface area contributed by atoms with E-state index in [2.05, 4.69) is 10.6 Å². The second kappa shape index (κ2) is 6.51. The molecule has 0 spiro atoms. The van der Waals surface area contributed by atoms with Gasteiger partial charge in [0.15, 0.2) is 0 Å². The molecule has 3 amide bonds. The van der Waals surface area contributed by atoms with Crippen LogP contribution in [-0.2, 0) is 14.3 Å². The van der Waals surface area contributed by atoms with Gasteiger partial charge < -0.3 is 15.2 Å². The third-order valence-corrected chi connectivity index (χ3v) is 3.72. The number of urea groups is 1. The molecular formula is C13H20N2O5. The number of carboxylic acid groups (broad SMARTS) is 1. The van der Waals surface area contributed by atoms with Gasteiger partial charge in [-0.25, -0.2) is 9.59 Å². The quantitative estimate of drug-likeness (QED) is 0.648. The van der Waals surface area contributed by atoms with Crippen LogP contribution in [0.2, 0.25) is 0 Å². The fourth-order valence-electron chi connectivity index (χ4n) is 1.84. The first-order chi connectivity index (χ1) is 9.31. The number of imide groups is 1. The number of carboxylic acids is 1. The van der Waals surface area contributed by atoms with Gasteiger partial charge in [-0.1, -0.05) is 0 Å². The number of carbonyl (C=O) groups excluding carboxylic acids is 2. The van der Waals surface area contributed by atoms with E-state index in [4.69, 9.17) is 9.84 Å². The molecule has 112 valence electrons. The van der Waals surface area contributed by atoms with Gasteiger partial charge in [0, 0.05) is 24.8 Å². The van der Waals surface area contributed by atoms with E-state index < -0.39 is 17.9 Å². The summed E-state index contributed by atoms with van der Waals surface area (Å²) in [6, 6.07) is -0.657. The Labute approximate surface area is 117 Å². The Morgan fingerprint density at radius 3 is 2.20 bits per heavy atom. The molecule has 0 aromatic rings. The van der Waals surface area contributed by atoms with E-state index in [0.717, 1.165) is 19.3 Å². The maximum absolute atomic E-state index is 11.7. The van der Waals surface area contributed by atoms with Crippen LogP contribution in [0.5, 0.6) is 0 Å². The molecule has 7 nitrogen and oxygen atoms in total. The molecule has 0 aromatic heterocycles. The minimum atomic E-state index is -1.19. The Bertz CT molecular complexity index is 446. The summed E-state index contributed by atoms with van der Waals surface area (Å²) >= 11 is 0. The second-order valence-corrected chi connectivity index (χ2v) is 4.93. The molecule has 3 N–H and O–H groups in total. The lowest BCUT2D eigenvalue weighted by atomic mass is 9.80. The number of ether oxygens (including phenoxy) is 1. The van der Waals surface area contributed by atoms with Crippen molar-refractivity contribution >= 4 is 17.9 Å². The lowest BCUT2D eigenvalue weighted by molar-refractivity contribution is -0.133. The van der Waals surface area contributed by atoms with Gasteiger partial charge in [0.2, 0.25) is 0 Å². The topological polar surface area (TPSA) is 105 Å². The molecule has 0 aromatic carbocycles. The third-order valence-electron chi connectivity index (χ3n) is 3.72. The van der Waals surface area contributed by atoms with E-state index in [1.54, 1.807) is 7.11 Å². The Hall–Kier alpha value is -1.89. The number of aliphatic carboxylic acids is 1. The number of carbonyl (C=O) groups is 3. The number of amides is 3. The summed E-state index contributed by atoms with van der Waals surface area (Å²) in [6.45, 7) is 2.99. The van der Waals surface area contributed by atoms with Crippen molar-refractivity contribution in [3.8, 4) is 0 Å². The highest BCUT2D eigenvalue weighted by Crippen LogP contribution is 2.34. The molecule has 1 fully saturated rings. The highest BCUT2D eigenvalue weighted by Gasteiger charge is 2.37. The Morgan fingerprint density at radius 2 is 1.80 bits per heavy atom. The van der Waals surface area contributed by atoms with Crippen LogP contribution < -0.4 is 10.6 Å². The molecule has 20 heavy (non-hydrogen) atoms. The van der Waals surface area contributed by atoms with Gasteiger partial charge in [-0.2, -0.15) is 0 Å². The molecule has 1 aliphatic rings. The van der Waals surface area contributed by atoms with Gasteiger partial charge in [-0.15, -0.1) is 0 Å². The largest absolute Gasteiger partial charge is 0.478 e. The summed E-state index contributed by atoms with van der Waals surface area (Å²) in [5.74, 6) is -1.91. The van der Waals surface area contributed by atoms with Crippen LogP contribution in [-0.4, -0.2) is 42.3 Å². The number of hydrogen-bond acceptors (Lipinski definition) is 4. The number of hydrogen-bond donors (Lipinski definition) is 3. The highest BCUT2D eigenvalue weighted by molar-refractivity contribution is 6.07. The molecule has 0 heterocycles. The van der Waals surface area contributed by atoms with Gasteiger partial charge in [0.05, 0.1) is 5.60 Å². The van der Waals surface area contributed by atoms with Crippen molar-refractivity contribution in [3.63, 3.8) is 0 Å². The van der Waals surface area contributed by atoms with Crippen LogP contribution in [0.1, 0.15) is 33.1 Å². The summed E-state index contributed by atoms with van der Waals surface area (Å²) in [4.78, 5) is 34.0. The van der Waals surface area contributed by atoms with Crippen molar-refractivity contribution < 1.29 is 24.2 Å². The van der Waals surface area contributed by atoms with Gasteiger partial charge in [-0.05, 0) is 33.1 Å². The van der Waals surface area contributed by atoms with Crippen molar-refractivity contribution in [1.82, 2.24) is 10.6 Å². The number of nitrogens with one attached hydrogen (secondary N) is 2. The van der Waals surface area contributed by atoms with E-state index in [0.29, 0.717) is 6.54 Å². The van der Waals surface area contributed by atoms with E-state index in [1.165, 1.54) is 13.8 Å². The zero-order chi connectivity index (χ0) is 15.3. The Morgan fingerprint density at radius 1 is 1.20 bits per heavy atom. The van der Waals surface area contributed by atoms with Crippen LogP contribution in [0.15, 0.2) is 11.1 Å². The summed E-state index contributed by atoms with van der Waals surface area (Å²) in [7, 11) is 1.59. The van der Waals surface area contributed by atoms with E-state index in [1.807, 2.05) is 0 Å². The van der Waals surface area contributed by atoms with E-state index in [9.17, 15) is 14.4 Å². The number of rotatable bonds is 5. The molecule has 0 bridgehead atoms. The Balaban J connectivity index is 2.48. The lowest BCUT2D eigenvalue weighted by Gasteiger charge is -2.40. The zero-order valence-electron chi connectivity index (χ0n) is 11.9. The van der Waals surface area contributed by atoms with Crippen LogP contribution in [0.4, 0.5) is 4.79 Å². The predicted molar refractivity (Wildman–Crippen MR) is 71.1 cm³/mol. The van der Waals surface area contributed by atoms with Crippen molar-refractivity contribution in [3.05, 3.63) is 11.1 Å². The maximum atomic E-state index is 11.7. The van der Waals surface area contributed by atoms with Gasteiger partial charge in [-0.3, -0.25) is 10.1 Å². The smallest absolute Gasteiger partial charge is 0.331 e.